The molecule has 2 rings (SSSR count). The normalized spacial score (nSPS) is 10.9. The molecular formula is C19H17BrF3NO6. The van der Waals surface area contributed by atoms with Crippen LogP contribution in [0.4, 0.5) is 18.9 Å². The Labute approximate surface area is 178 Å². The molecule has 11 heteroatoms. The summed E-state index contributed by atoms with van der Waals surface area (Å²) in [4.78, 5) is 24.4. The number of carbonyl (C=O) groups is 2. The Morgan fingerprint density at radius 2 is 1.70 bits per heavy atom. The molecule has 30 heavy (non-hydrogen) atoms. The van der Waals surface area contributed by atoms with Crippen LogP contribution >= 0.6 is 15.9 Å². The summed E-state index contributed by atoms with van der Waals surface area (Å²) in [5, 5.41) is 2.24. The van der Waals surface area contributed by atoms with Crippen LogP contribution in [0.3, 0.4) is 0 Å². The summed E-state index contributed by atoms with van der Waals surface area (Å²) in [6.07, 6.45) is -4.55. The minimum Gasteiger partial charge on any atom is -0.493 e. The van der Waals surface area contributed by atoms with Crippen LogP contribution in [0.1, 0.15) is 15.9 Å². The highest BCUT2D eigenvalue weighted by atomic mass is 79.9. The van der Waals surface area contributed by atoms with E-state index in [4.69, 9.17) is 18.9 Å². The number of ether oxygens (including phenoxy) is 4. The molecule has 0 saturated heterocycles. The second-order valence-corrected chi connectivity index (χ2v) is 6.50. The summed E-state index contributed by atoms with van der Waals surface area (Å²) >= 11 is 3.22. The van der Waals surface area contributed by atoms with E-state index in [1.54, 1.807) is 0 Å². The fourth-order valence-electron chi connectivity index (χ4n) is 2.45. The first-order chi connectivity index (χ1) is 14.1. The van der Waals surface area contributed by atoms with Crippen molar-refractivity contribution in [1.82, 2.24) is 0 Å². The van der Waals surface area contributed by atoms with Crippen molar-refractivity contribution < 1.29 is 41.7 Å². The van der Waals surface area contributed by atoms with E-state index in [1.807, 2.05) is 0 Å². The average Bonchev–Trinajstić information content (AvgIpc) is 2.71. The van der Waals surface area contributed by atoms with E-state index in [0.717, 1.165) is 18.2 Å². The first kappa shape index (κ1) is 23.3. The fraction of sp³-hybridized carbons (Fsp3) is 0.263. The summed E-state index contributed by atoms with van der Waals surface area (Å²) < 4.78 is 59.0. The van der Waals surface area contributed by atoms with Gasteiger partial charge < -0.3 is 24.3 Å². The van der Waals surface area contributed by atoms with E-state index in [-0.39, 0.29) is 33.0 Å². The molecule has 0 atom stereocenters. The number of anilines is 1. The second kappa shape index (κ2) is 9.70. The van der Waals surface area contributed by atoms with Crippen molar-refractivity contribution in [3.63, 3.8) is 0 Å². The quantitative estimate of drug-likeness (QED) is 0.581. The fourth-order valence-corrected chi connectivity index (χ4v) is 3.07. The van der Waals surface area contributed by atoms with Gasteiger partial charge in [0.1, 0.15) is 0 Å². The van der Waals surface area contributed by atoms with Gasteiger partial charge in [0.2, 0.25) is 5.75 Å². The zero-order valence-electron chi connectivity index (χ0n) is 16.1. The summed E-state index contributed by atoms with van der Waals surface area (Å²) in [7, 11) is 4.12. The van der Waals surface area contributed by atoms with Crippen molar-refractivity contribution in [3.05, 3.63) is 45.9 Å². The number of carbonyl (C=O) groups excluding carboxylic acids is 2. The van der Waals surface area contributed by atoms with Gasteiger partial charge in [-0.25, -0.2) is 4.79 Å². The molecule has 0 aliphatic heterocycles. The van der Waals surface area contributed by atoms with Crippen LogP contribution in [0.15, 0.2) is 34.8 Å². The minimum atomic E-state index is -4.55. The van der Waals surface area contributed by atoms with Gasteiger partial charge in [-0.3, -0.25) is 4.79 Å². The Bertz CT molecular complexity index is 949. The van der Waals surface area contributed by atoms with Gasteiger partial charge in [0, 0.05) is 5.69 Å². The molecule has 162 valence electrons. The van der Waals surface area contributed by atoms with E-state index in [9.17, 15) is 22.8 Å². The highest BCUT2D eigenvalue weighted by Crippen LogP contribution is 2.44. The molecule has 0 unspecified atom stereocenters. The monoisotopic (exact) mass is 491 g/mol. The van der Waals surface area contributed by atoms with Gasteiger partial charge in [-0.05, 0) is 40.2 Å². The number of hydrogen-bond donors (Lipinski definition) is 1. The minimum absolute atomic E-state index is 0.00336. The van der Waals surface area contributed by atoms with E-state index in [1.165, 1.54) is 33.5 Å². The smallest absolute Gasteiger partial charge is 0.416 e. The summed E-state index contributed by atoms with van der Waals surface area (Å²) in [5.74, 6) is -1.09. The Kier molecular flexibility index (Phi) is 7.54. The molecule has 1 N–H and O–H groups in total. The predicted molar refractivity (Wildman–Crippen MR) is 104 cm³/mol. The third-order valence-corrected chi connectivity index (χ3v) is 4.58. The lowest BCUT2D eigenvalue weighted by Crippen LogP contribution is -2.21. The highest BCUT2D eigenvalue weighted by Gasteiger charge is 2.30. The molecule has 0 radical (unpaired) electrons. The molecule has 0 aliphatic rings. The third-order valence-electron chi connectivity index (χ3n) is 3.80. The molecule has 2 aromatic carbocycles. The maximum absolute atomic E-state index is 12.7. The lowest BCUT2D eigenvalue weighted by Gasteiger charge is -2.16. The van der Waals surface area contributed by atoms with Crippen molar-refractivity contribution >= 4 is 33.5 Å². The van der Waals surface area contributed by atoms with Crippen molar-refractivity contribution in [3.8, 4) is 17.2 Å². The van der Waals surface area contributed by atoms with Crippen LogP contribution in [0.25, 0.3) is 0 Å². The van der Waals surface area contributed by atoms with Crippen LogP contribution in [0.2, 0.25) is 0 Å². The average molecular weight is 492 g/mol. The van der Waals surface area contributed by atoms with Crippen molar-refractivity contribution in [2.75, 3.05) is 33.3 Å². The molecule has 0 bridgehead atoms. The molecule has 0 heterocycles. The number of nitrogens with one attached hydrogen (secondary N) is 1. The third kappa shape index (κ3) is 5.35. The van der Waals surface area contributed by atoms with Gasteiger partial charge in [0.05, 0.1) is 36.9 Å². The summed E-state index contributed by atoms with van der Waals surface area (Å²) in [6, 6.07) is 5.41. The number of methoxy groups -OCH3 is 3. The van der Waals surface area contributed by atoms with E-state index in [0.29, 0.717) is 0 Å². The number of rotatable bonds is 7. The standard InChI is InChI=1S/C19H17BrF3NO6/c1-27-13-8-12(15(20)17(29-3)16(13)28-2)18(26)30-9-14(25)24-11-6-4-5-10(7-11)19(21,22)23/h4-8H,9H2,1-3H3,(H,24,25). The number of alkyl halides is 3. The predicted octanol–water partition coefficient (Wildman–Crippen LogP) is 4.29. The summed E-state index contributed by atoms with van der Waals surface area (Å²) in [6.45, 7) is -0.724. The maximum atomic E-state index is 12.7. The van der Waals surface area contributed by atoms with Crippen molar-refractivity contribution in [2.24, 2.45) is 0 Å². The maximum Gasteiger partial charge on any atom is 0.416 e. The van der Waals surface area contributed by atoms with Gasteiger partial charge in [-0.15, -0.1) is 0 Å². The lowest BCUT2D eigenvalue weighted by atomic mass is 10.2. The van der Waals surface area contributed by atoms with Gasteiger partial charge >= 0.3 is 12.1 Å². The van der Waals surface area contributed by atoms with Gasteiger partial charge in [-0.1, -0.05) is 6.07 Å². The second-order valence-electron chi connectivity index (χ2n) is 5.71. The number of hydrogen-bond acceptors (Lipinski definition) is 6. The zero-order chi connectivity index (χ0) is 22.5. The number of esters is 1. The molecular weight excluding hydrogens is 475 g/mol. The molecule has 0 fully saturated rings. The van der Waals surface area contributed by atoms with Crippen LogP contribution in [-0.2, 0) is 15.7 Å². The zero-order valence-corrected chi connectivity index (χ0v) is 17.6. The molecule has 0 saturated carbocycles. The molecule has 2 aromatic rings. The first-order valence-electron chi connectivity index (χ1n) is 8.25. The highest BCUT2D eigenvalue weighted by molar-refractivity contribution is 9.10. The molecule has 0 spiro atoms. The Morgan fingerprint density at radius 3 is 2.27 bits per heavy atom. The van der Waals surface area contributed by atoms with Gasteiger partial charge in [0.25, 0.3) is 5.91 Å². The largest absolute Gasteiger partial charge is 0.493 e. The number of halogens is 4. The number of amides is 1. The van der Waals surface area contributed by atoms with Gasteiger partial charge in [0.15, 0.2) is 18.1 Å². The summed E-state index contributed by atoms with van der Waals surface area (Å²) in [5.41, 5.74) is -1.00. The Balaban J connectivity index is 2.12. The first-order valence-corrected chi connectivity index (χ1v) is 9.04. The van der Waals surface area contributed by atoms with E-state index in [2.05, 4.69) is 21.2 Å². The Morgan fingerprint density at radius 1 is 1.03 bits per heavy atom. The van der Waals surface area contributed by atoms with E-state index < -0.39 is 30.2 Å². The van der Waals surface area contributed by atoms with Crippen LogP contribution in [0.5, 0.6) is 17.2 Å². The Hall–Kier alpha value is -2.95. The van der Waals surface area contributed by atoms with Crippen molar-refractivity contribution in [1.29, 1.82) is 0 Å². The topological polar surface area (TPSA) is 83.1 Å². The number of benzene rings is 2. The lowest BCUT2D eigenvalue weighted by molar-refractivity contribution is -0.137. The van der Waals surface area contributed by atoms with Crippen LogP contribution in [-0.4, -0.2) is 39.8 Å². The molecule has 0 aliphatic carbocycles. The van der Waals surface area contributed by atoms with Gasteiger partial charge in [-0.2, -0.15) is 13.2 Å². The van der Waals surface area contributed by atoms with Crippen molar-refractivity contribution in [2.45, 2.75) is 6.18 Å². The molecule has 0 aromatic heterocycles. The van der Waals surface area contributed by atoms with Crippen LogP contribution < -0.4 is 19.5 Å². The van der Waals surface area contributed by atoms with Crippen LogP contribution in [0, 0.1) is 0 Å². The SMILES string of the molecule is COc1cc(C(=O)OCC(=O)Nc2cccc(C(F)(F)F)c2)c(Br)c(OC)c1OC. The van der Waals surface area contributed by atoms with E-state index >= 15 is 0 Å². The molecule has 1 amide bonds. The molecule has 7 nitrogen and oxygen atoms in total.